The van der Waals surface area contributed by atoms with E-state index in [4.69, 9.17) is 0 Å². The maximum absolute atomic E-state index is 12.8. The Bertz CT molecular complexity index is 1930. The van der Waals surface area contributed by atoms with Crippen molar-refractivity contribution >= 4 is 34.3 Å². The standard InChI is InChI=1S/C30H29N7O4/c1-2-19-8-6-7-11-25(19)37-28(39)21(27(38)34-30(37)41)18-31-24-16-22-23(33-29(40)32-22)17-26(24)36-14-12-35(13-15-36)20-9-4-3-5-10-20/h3-11,16-18,39H,2,12-15H2,1H3,(H2,32,33,40)(H,34,38,41). The number of nitrogens with zero attached hydrogens (tertiary/aromatic N) is 4. The highest BCUT2D eigenvalue weighted by molar-refractivity contribution is 5.91. The van der Waals surface area contributed by atoms with Gasteiger partial charge in [0.1, 0.15) is 5.56 Å². The van der Waals surface area contributed by atoms with Gasteiger partial charge in [-0.15, -0.1) is 0 Å². The number of aliphatic imine (C=N–C) groups is 1. The lowest BCUT2D eigenvalue weighted by molar-refractivity contribution is 0.429. The van der Waals surface area contributed by atoms with E-state index in [2.05, 4.69) is 41.9 Å². The fourth-order valence-corrected chi connectivity index (χ4v) is 5.30. The van der Waals surface area contributed by atoms with Gasteiger partial charge < -0.3 is 24.9 Å². The molecule has 41 heavy (non-hydrogen) atoms. The molecule has 11 nitrogen and oxygen atoms in total. The Morgan fingerprint density at radius 2 is 1.49 bits per heavy atom. The minimum Gasteiger partial charge on any atom is -0.493 e. The number of nitrogens with one attached hydrogen (secondary N) is 3. The van der Waals surface area contributed by atoms with E-state index in [1.807, 2.05) is 43.3 Å². The van der Waals surface area contributed by atoms with Gasteiger partial charge in [-0.3, -0.25) is 14.8 Å². The van der Waals surface area contributed by atoms with Crippen LogP contribution in [0.25, 0.3) is 16.7 Å². The first-order valence-electron chi connectivity index (χ1n) is 13.4. The number of piperazine rings is 1. The molecule has 6 rings (SSSR count). The molecule has 0 aliphatic carbocycles. The highest BCUT2D eigenvalue weighted by atomic mass is 16.3. The van der Waals surface area contributed by atoms with Crippen LogP contribution < -0.4 is 26.7 Å². The third kappa shape index (κ3) is 4.93. The summed E-state index contributed by atoms with van der Waals surface area (Å²) in [5, 5.41) is 11.1. The number of rotatable bonds is 6. The molecule has 0 radical (unpaired) electrons. The lowest BCUT2D eigenvalue weighted by atomic mass is 10.1. The van der Waals surface area contributed by atoms with Crippen molar-refractivity contribution in [3.05, 3.63) is 109 Å². The molecule has 0 saturated carbocycles. The van der Waals surface area contributed by atoms with Crippen molar-refractivity contribution < 1.29 is 5.11 Å². The van der Waals surface area contributed by atoms with Crippen molar-refractivity contribution in [2.24, 2.45) is 4.99 Å². The summed E-state index contributed by atoms with van der Waals surface area (Å²) in [5.74, 6) is -0.502. The van der Waals surface area contributed by atoms with E-state index >= 15 is 0 Å². The number of para-hydroxylation sites is 2. The molecule has 0 amide bonds. The zero-order valence-electron chi connectivity index (χ0n) is 22.4. The number of benzene rings is 3. The highest BCUT2D eigenvalue weighted by Gasteiger charge is 2.21. The SMILES string of the molecule is CCc1ccccc1-n1c(O)c(C=Nc2cc3[nH]c(=O)[nH]c3cc2N2CCN(c3ccccc3)CC2)c(=O)[nH]c1=O. The van der Waals surface area contributed by atoms with Gasteiger partial charge in [0.15, 0.2) is 0 Å². The molecule has 1 aliphatic heterocycles. The molecule has 1 saturated heterocycles. The molecule has 1 aliphatic rings. The van der Waals surface area contributed by atoms with Gasteiger partial charge in [0.2, 0.25) is 5.88 Å². The van der Waals surface area contributed by atoms with Gasteiger partial charge in [0.05, 0.1) is 28.1 Å². The van der Waals surface area contributed by atoms with Crippen molar-refractivity contribution in [3.63, 3.8) is 0 Å². The second kappa shape index (κ2) is 10.7. The molecule has 5 aromatic rings. The van der Waals surface area contributed by atoms with Crippen LogP contribution in [-0.4, -0.2) is 57.0 Å². The van der Waals surface area contributed by atoms with Crippen molar-refractivity contribution in [3.8, 4) is 11.6 Å². The van der Waals surface area contributed by atoms with Gasteiger partial charge in [0, 0.05) is 38.1 Å². The summed E-state index contributed by atoms with van der Waals surface area (Å²) < 4.78 is 1.08. The van der Waals surface area contributed by atoms with E-state index < -0.39 is 17.1 Å². The second-order valence-electron chi connectivity index (χ2n) is 9.85. The quantitative estimate of drug-likeness (QED) is 0.239. The second-order valence-corrected chi connectivity index (χ2v) is 9.85. The lowest BCUT2D eigenvalue weighted by Gasteiger charge is -2.37. The topological polar surface area (TPSA) is 143 Å². The smallest absolute Gasteiger partial charge is 0.335 e. The summed E-state index contributed by atoms with van der Waals surface area (Å²) in [5.41, 5.74) is 2.96. The fraction of sp³-hybridized carbons (Fsp3) is 0.200. The first-order valence-corrected chi connectivity index (χ1v) is 13.4. The summed E-state index contributed by atoms with van der Waals surface area (Å²) in [6.07, 6.45) is 1.88. The molecule has 3 heterocycles. The first kappa shape index (κ1) is 25.9. The van der Waals surface area contributed by atoms with Crippen LogP contribution in [0.5, 0.6) is 5.88 Å². The van der Waals surface area contributed by atoms with Crippen molar-refractivity contribution in [2.75, 3.05) is 36.0 Å². The minimum absolute atomic E-state index is 0.155. The van der Waals surface area contributed by atoms with Crippen LogP contribution >= 0.6 is 0 Å². The molecule has 4 N–H and O–H groups in total. The van der Waals surface area contributed by atoms with Crippen LogP contribution in [0.3, 0.4) is 0 Å². The predicted octanol–water partition coefficient (Wildman–Crippen LogP) is 3.04. The Hall–Kier alpha value is -5.32. The number of hydrogen-bond donors (Lipinski definition) is 4. The Morgan fingerprint density at radius 3 is 2.22 bits per heavy atom. The van der Waals surface area contributed by atoms with Crippen molar-refractivity contribution in [1.29, 1.82) is 0 Å². The average molecular weight is 552 g/mol. The van der Waals surface area contributed by atoms with E-state index in [0.717, 1.165) is 34.6 Å². The Morgan fingerprint density at radius 1 is 0.829 bits per heavy atom. The van der Waals surface area contributed by atoms with Gasteiger partial charge >= 0.3 is 11.4 Å². The lowest BCUT2D eigenvalue weighted by Crippen LogP contribution is -2.46. The molecule has 0 unspecified atom stereocenters. The number of H-pyrrole nitrogens is 3. The monoisotopic (exact) mass is 551 g/mol. The molecule has 208 valence electrons. The summed E-state index contributed by atoms with van der Waals surface area (Å²) in [4.78, 5) is 54.5. The number of anilines is 2. The number of aromatic amines is 3. The largest absolute Gasteiger partial charge is 0.493 e. The molecule has 0 spiro atoms. The number of aromatic hydroxyl groups is 1. The summed E-state index contributed by atoms with van der Waals surface area (Å²) in [7, 11) is 0. The third-order valence-corrected chi connectivity index (χ3v) is 7.42. The van der Waals surface area contributed by atoms with Crippen molar-refractivity contribution in [2.45, 2.75) is 13.3 Å². The fourth-order valence-electron chi connectivity index (χ4n) is 5.30. The van der Waals surface area contributed by atoms with Gasteiger partial charge in [-0.1, -0.05) is 43.3 Å². The van der Waals surface area contributed by atoms with Gasteiger partial charge in [-0.05, 0) is 42.3 Å². The molecule has 3 aromatic carbocycles. The molecule has 1 fully saturated rings. The highest BCUT2D eigenvalue weighted by Crippen LogP contribution is 2.33. The average Bonchev–Trinajstić information content (AvgIpc) is 3.36. The molecular weight excluding hydrogens is 522 g/mol. The van der Waals surface area contributed by atoms with Crippen molar-refractivity contribution in [1.82, 2.24) is 19.5 Å². The third-order valence-electron chi connectivity index (χ3n) is 7.42. The van der Waals surface area contributed by atoms with Crippen LogP contribution in [-0.2, 0) is 6.42 Å². The van der Waals surface area contributed by atoms with E-state index in [1.165, 1.54) is 6.21 Å². The first-order chi connectivity index (χ1) is 19.9. The Labute approximate surface area is 234 Å². The normalized spacial score (nSPS) is 13.9. The number of hydrogen-bond acceptors (Lipinski definition) is 7. The van der Waals surface area contributed by atoms with E-state index in [1.54, 1.807) is 18.2 Å². The van der Waals surface area contributed by atoms with Crippen LogP contribution in [0.15, 0.2) is 86.1 Å². The Balaban J connectivity index is 1.39. The maximum atomic E-state index is 12.8. The van der Waals surface area contributed by atoms with Crippen LogP contribution in [0.4, 0.5) is 17.1 Å². The summed E-state index contributed by atoms with van der Waals surface area (Å²) >= 11 is 0. The predicted molar refractivity (Wildman–Crippen MR) is 161 cm³/mol. The maximum Gasteiger partial charge on any atom is 0.335 e. The zero-order valence-corrected chi connectivity index (χ0v) is 22.4. The molecular formula is C30H29N7O4. The van der Waals surface area contributed by atoms with Gasteiger partial charge in [0.25, 0.3) is 5.56 Å². The number of aryl methyl sites for hydroxylation is 1. The molecule has 0 atom stereocenters. The number of imidazole rings is 1. The summed E-state index contributed by atoms with van der Waals surface area (Å²) in [6.45, 7) is 4.94. The van der Waals surface area contributed by atoms with Gasteiger partial charge in [-0.25, -0.2) is 14.2 Å². The molecule has 0 bridgehead atoms. The molecule has 11 heteroatoms. The van der Waals surface area contributed by atoms with E-state index in [-0.39, 0.29) is 11.3 Å². The van der Waals surface area contributed by atoms with Crippen LogP contribution in [0.1, 0.15) is 18.1 Å². The zero-order chi connectivity index (χ0) is 28.5. The van der Waals surface area contributed by atoms with Gasteiger partial charge in [-0.2, -0.15) is 0 Å². The van der Waals surface area contributed by atoms with Crippen LogP contribution in [0, 0.1) is 0 Å². The van der Waals surface area contributed by atoms with E-state index in [9.17, 15) is 19.5 Å². The summed E-state index contributed by atoms with van der Waals surface area (Å²) in [6, 6.07) is 21.0. The molecule has 2 aromatic heterocycles. The van der Waals surface area contributed by atoms with E-state index in [0.29, 0.717) is 41.9 Å². The Kier molecular flexibility index (Phi) is 6.76. The number of aromatic nitrogens is 4. The van der Waals surface area contributed by atoms with Crippen LogP contribution in [0.2, 0.25) is 0 Å². The number of fused-ring (bicyclic) bond motifs is 1. The minimum atomic E-state index is -0.754.